The van der Waals surface area contributed by atoms with Crippen molar-refractivity contribution in [1.29, 1.82) is 0 Å². The van der Waals surface area contributed by atoms with Gasteiger partial charge < -0.3 is 24.6 Å². The van der Waals surface area contributed by atoms with Gasteiger partial charge in [-0.3, -0.25) is 0 Å². The number of aromatic hydroxyl groups is 1. The molecule has 0 aliphatic carbocycles. The van der Waals surface area contributed by atoms with E-state index in [-0.39, 0.29) is 17.9 Å². The van der Waals surface area contributed by atoms with Gasteiger partial charge >= 0.3 is 12.1 Å². The highest BCUT2D eigenvalue weighted by Gasteiger charge is 2.34. The van der Waals surface area contributed by atoms with Crippen molar-refractivity contribution in [1.82, 2.24) is 0 Å². The first-order valence-electron chi connectivity index (χ1n) is 10.0. The molecule has 1 saturated heterocycles. The molecule has 2 N–H and O–H groups in total. The van der Waals surface area contributed by atoms with Gasteiger partial charge in [-0.2, -0.15) is 0 Å². The highest BCUT2D eigenvalue weighted by atomic mass is 16.7. The maximum absolute atomic E-state index is 12.4. The third kappa shape index (κ3) is 5.30. The Bertz CT molecular complexity index is 900. The third-order valence-corrected chi connectivity index (χ3v) is 5.33. The number of aliphatic hydroxyl groups is 1. The van der Waals surface area contributed by atoms with Crippen molar-refractivity contribution in [3.63, 3.8) is 0 Å². The molecule has 0 bridgehead atoms. The highest BCUT2D eigenvalue weighted by Crippen LogP contribution is 2.33. The number of hydrogen-bond acceptors (Lipinski definition) is 7. The topological polar surface area (TPSA) is 96.3 Å². The van der Waals surface area contributed by atoms with Crippen LogP contribution in [0.15, 0.2) is 42.5 Å². The second-order valence-electron chi connectivity index (χ2n) is 7.65. The Balaban J connectivity index is 1.71. The summed E-state index contributed by atoms with van der Waals surface area (Å²) in [5.74, 6) is -0.845. The molecule has 0 radical (unpaired) electrons. The summed E-state index contributed by atoms with van der Waals surface area (Å²) in [5.41, 5.74) is 2.03. The number of anilines is 1. The monoisotopic (exact) mass is 413 g/mol. The van der Waals surface area contributed by atoms with Crippen molar-refractivity contribution in [2.75, 3.05) is 24.6 Å². The van der Waals surface area contributed by atoms with Gasteiger partial charge in [0, 0.05) is 25.6 Å². The first-order valence-corrected chi connectivity index (χ1v) is 10.0. The average molecular weight is 413 g/mol. The summed E-state index contributed by atoms with van der Waals surface area (Å²) in [5, 5.41) is 21.0. The Morgan fingerprint density at radius 3 is 2.40 bits per heavy atom. The predicted octanol–water partition coefficient (Wildman–Crippen LogP) is 3.59. The average Bonchev–Trinajstić information content (AvgIpc) is 2.70. The van der Waals surface area contributed by atoms with Gasteiger partial charge in [-0.25, -0.2) is 9.59 Å². The standard InChI is InChI=1S/C23H27NO6/c1-3-29-22(27)30-21(26)19-9-8-18(25)14-20(19)24-12-10-23(28,11-13-24)15-17-6-4-16(2)5-7-17/h4-9,14,25,28H,3,10-13,15H2,1-2H3. The summed E-state index contributed by atoms with van der Waals surface area (Å²) in [6.07, 6.45) is 0.498. The molecule has 0 aromatic heterocycles. The predicted molar refractivity (Wildman–Crippen MR) is 112 cm³/mol. The van der Waals surface area contributed by atoms with Crippen molar-refractivity contribution in [2.24, 2.45) is 0 Å². The molecule has 0 saturated carbocycles. The largest absolute Gasteiger partial charge is 0.516 e. The van der Waals surface area contributed by atoms with E-state index in [2.05, 4.69) is 4.74 Å². The summed E-state index contributed by atoms with van der Waals surface area (Å²) >= 11 is 0. The van der Waals surface area contributed by atoms with Gasteiger partial charge in [-0.15, -0.1) is 0 Å². The smallest absolute Gasteiger partial charge is 0.508 e. The molecule has 1 aliphatic heterocycles. The lowest BCUT2D eigenvalue weighted by molar-refractivity contribution is 0.0165. The second kappa shape index (κ2) is 9.17. The van der Waals surface area contributed by atoms with E-state index in [4.69, 9.17) is 4.74 Å². The van der Waals surface area contributed by atoms with Crippen LogP contribution in [-0.2, 0) is 15.9 Å². The normalized spacial score (nSPS) is 15.5. The zero-order valence-corrected chi connectivity index (χ0v) is 17.3. The van der Waals surface area contributed by atoms with Crippen LogP contribution in [0, 0.1) is 6.92 Å². The summed E-state index contributed by atoms with van der Waals surface area (Å²) < 4.78 is 9.38. The van der Waals surface area contributed by atoms with Crippen LogP contribution in [0.3, 0.4) is 0 Å². The fourth-order valence-corrected chi connectivity index (χ4v) is 3.66. The maximum Gasteiger partial charge on any atom is 0.516 e. The lowest BCUT2D eigenvalue weighted by atomic mass is 9.85. The molecule has 1 heterocycles. The molecule has 7 heteroatoms. The molecule has 1 fully saturated rings. The minimum Gasteiger partial charge on any atom is -0.508 e. The zero-order valence-electron chi connectivity index (χ0n) is 17.3. The lowest BCUT2D eigenvalue weighted by Crippen LogP contribution is -2.46. The number of phenols is 1. The molecule has 3 rings (SSSR count). The first kappa shape index (κ1) is 21.6. The van der Waals surface area contributed by atoms with Gasteiger partial charge in [0.15, 0.2) is 0 Å². The highest BCUT2D eigenvalue weighted by molar-refractivity contribution is 6.00. The van der Waals surface area contributed by atoms with E-state index in [0.717, 1.165) is 5.56 Å². The molecule has 30 heavy (non-hydrogen) atoms. The lowest BCUT2D eigenvalue weighted by Gasteiger charge is -2.40. The van der Waals surface area contributed by atoms with Crippen LogP contribution >= 0.6 is 0 Å². The molecular weight excluding hydrogens is 386 g/mol. The molecule has 1 aliphatic rings. The number of piperidine rings is 1. The number of nitrogens with zero attached hydrogens (tertiary/aromatic N) is 1. The molecule has 160 valence electrons. The van der Waals surface area contributed by atoms with Gasteiger partial charge in [0.1, 0.15) is 5.75 Å². The number of phenolic OH excluding ortho intramolecular Hbond substituents is 1. The van der Waals surface area contributed by atoms with E-state index >= 15 is 0 Å². The fourth-order valence-electron chi connectivity index (χ4n) is 3.66. The molecule has 0 atom stereocenters. The van der Waals surface area contributed by atoms with Crippen molar-refractivity contribution in [3.05, 3.63) is 59.2 Å². The fraction of sp³-hybridized carbons (Fsp3) is 0.391. The molecular formula is C23H27NO6. The van der Waals surface area contributed by atoms with Gasteiger partial charge in [0.05, 0.1) is 23.5 Å². The van der Waals surface area contributed by atoms with Crippen LogP contribution in [0.5, 0.6) is 5.75 Å². The van der Waals surface area contributed by atoms with E-state index in [1.54, 1.807) is 6.92 Å². The van der Waals surface area contributed by atoms with Gasteiger partial charge in [0.25, 0.3) is 0 Å². The van der Waals surface area contributed by atoms with Gasteiger partial charge in [-0.1, -0.05) is 29.8 Å². The SMILES string of the molecule is CCOC(=O)OC(=O)c1ccc(O)cc1N1CCC(O)(Cc2ccc(C)cc2)CC1. The number of hydrogen-bond donors (Lipinski definition) is 2. The summed E-state index contributed by atoms with van der Waals surface area (Å²) in [7, 11) is 0. The zero-order chi connectivity index (χ0) is 21.7. The van der Waals surface area contributed by atoms with E-state index < -0.39 is 17.7 Å². The van der Waals surface area contributed by atoms with E-state index in [0.29, 0.717) is 38.0 Å². The Morgan fingerprint density at radius 2 is 1.77 bits per heavy atom. The minimum atomic E-state index is -1.06. The molecule has 7 nitrogen and oxygen atoms in total. The number of carbonyl (C=O) groups excluding carboxylic acids is 2. The van der Waals surface area contributed by atoms with Crippen LogP contribution in [0.4, 0.5) is 10.5 Å². The van der Waals surface area contributed by atoms with E-state index in [9.17, 15) is 19.8 Å². The Kier molecular flexibility index (Phi) is 6.62. The molecule has 0 amide bonds. The number of aryl methyl sites for hydroxylation is 1. The number of benzene rings is 2. The molecule has 0 unspecified atom stereocenters. The third-order valence-electron chi connectivity index (χ3n) is 5.33. The Hall–Kier alpha value is -3.06. The van der Waals surface area contributed by atoms with Crippen LogP contribution in [-0.4, -0.2) is 47.6 Å². The molecule has 2 aromatic carbocycles. The number of rotatable bonds is 5. The second-order valence-corrected chi connectivity index (χ2v) is 7.65. The minimum absolute atomic E-state index is 0.00169. The summed E-state index contributed by atoms with van der Waals surface area (Å²) in [6.45, 7) is 4.72. The van der Waals surface area contributed by atoms with Crippen LogP contribution in [0.2, 0.25) is 0 Å². The van der Waals surface area contributed by atoms with E-state index in [1.807, 2.05) is 36.1 Å². The maximum atomic E-state index is 12.4. The first-order chi connectivity index (χ1) is 14.3. The van der Waals surface area contributed by atoms with Crippen LogP contribution in [0.1, 0.15) is 41.3 Å². The van der Waals surface area contributed by atoms with Crippen molar-refractivity contribution in [2.45, 2.75) is 38.7 Å². The van der Waals surface area contributed by atoms with Gasteiger partial charge in [0.2, 0.25) is 0 Å². The van der Waals surface area contributed by atoms with Crippen LogP contribution in [0.25, 0.3) is 0 Å². The summed E-state index contributed by atoms with van der Waals surface area (Å²) in [4.78, 5) is 25.8. The Labute approximate surface area is 175 Å². The van der Waals surface area contributed by atoms with Gasteiger partial charge in [-0.05, 0) is 44.4 Å². The number of esters is 1. The number of carbonyl (C=O) groups is 2. The quantitative estimate of drug-likeness (QED) is 0.571. The molecule has 2 aromatic rings. The van der Waals surface area contributed by atoms with Crippen LogP contribution < -0.4 is 4.90 Å². The number of ether oxygens (including phenoxy) is 2. The Morgan fingerprint density at radius 1 is 1.10 bits per heavy atom. The van der Waals surface area contributed by atoms with Crippen molar-refractivity contribution >= 4 is 17.8 Å². The van der Waals surface area contributed by atoms with E-state index in [1.165, 1.54) is 23.8 Å². The summed E-state index contributed by atoms with van der Waals surface area (Å²) in [6, 6.07) is 12.4. The van der Waals surface area contributed by atoms with Crippen molar-refractivity contribution in [3.8, 4) is 5.75 Å². The molecule has 0 spiro atoms. The van der Waals surface area contributed by atoms with Crippen molar-refractivity contribution < 1.29 is 29.3 Å².